The van der Waals surface area contributed by atoms with Crippen LogP contribution in [0.1, 0.15) is 229 Å². The number of alkyl halides is 1. The van der Waals surface area contributed by atoms with Crippen molar-refractivity contribution in [3.63, 3.8) is 0 Å². The molecule has 0 saturated carbocycles. The number of rotatable bonds is 35. The van der Waals surface area contributed by atoms with Crippen molar-refractivity contribution in [1.29, 1.82) is 0 Å². The van der Waals surface area contributed by atoms with E-state index >= 15 is 0 Å². The Balaban J connectivity index is 0.879. The third-order valence-electron chi connectivity index (χ3n) is 12.4. The van der Waals surface area contributed by atoms with Gasteiger partial charge in [-0.1, -0.05) is 264 Å². The van der Waals surface area contributed by atoms with Gasteiger partial charge < -0.3 is 4.74 Å². The van der Waals surface area contributed by atoms with Gasteiger partial charge in [-0.05, 0) is 58.5 Å². The second-order valence-corrected chi connectivity index (χ2v) is 18.4. The molecular formula is C53H80BrFO. The van der Waals surface area contributed by atoms with E-state index in [0.717, 1.165) is 35.5 Å². The van der Waals surface area contributed by atoms with Gasteiger partial charge in [0.2, 0.25) is 0 Å². The average Bonchev–Trinajstić information content (AvgIpc) is 3.47. The zero-order valence-corrected chi connectivity index (χ0v) is 37.4. The Morgan fingerprint density at radius 3 is 1.29 bits per heavy atom. The van der Waals surface area contributed by atoms with Crippen molar-refractivity contribution < 1.29 is 9.13 Å². The van der Waals surface area contributed by atoms with Crippen LogP contribution in [0.3, 0.4) is 0 Å². The van der Waals surface area contributed by atoms with E-state index in [1.165, 1.54) is 216 Å². The third-order valence-corrected chi connectivity index (χ3v) is 13.8. The van der Waals surface area contributed by atoms with E-state index in [0.29, 0.717) is 0 Å². The molecule has 0 aliphatic heterocycles. The van der Waals surface area contributed by atoms with Crippen molar-refractivity contribution in [3.05, 3.63) is 89.2 Å². The standard InChI is InChI=1S/C53H80BrFO/c1-2-3-4-5-6-7-8-9-10-11-12-13-14-15-16-17-18-19-20-21-22-23-24-25-26-27-28-29-30-31-32-35-43-56-48-41-42-50-49-39-33-34-40-51(49)53(54,52(50)45-48)46-37-36-38-47(55)44-46/h33-34,36-42,44-45H,2-32,35,43H2,1H3. The summed E-state index contributed by atoms with van der Waals surface area (Å²) in [7, 11) is 0. The number of hydrogen-bond acceptors (Lipinski definition) is 1. The van der Waals surface area contributed by atoms with Crippen molar-refractivity contribution in [2.45, 2.75) is 217 Å². The molecule has 0 heterocycles. The lowest BCUT2D eigenvalue weighted by molar-refractivity contribution is 0.304. The number of halogens is 2. The molecule has 0 radical (unpaired) electrons. The molecule has 0 amide bonds. The Bertz CT molecular complexity index is 1430. The molecule has 3 aromatic carbocycles. The van der Waals surface area contributed by atoms with Crippen molar-refractivity contribution in [3.8, 4) is 16.9 Å². The molecule has 3 heteroatoms. The van der Waals surface area contributed by atoms with E-state index in [4.69, 9.17) is 4.74 Å². The second-order valence-electron chi connectivity index (χ2n) is 17.2. The lowest BCUT2D eigenvalue weighted by Crippen LogP contribution is -2.18. The summed E-state index contributed by atoms with van der Waals surface area (Å²) in [6.07, 6.45) is 45.6. The molecule has 1 aliphatic carbocycles. The van der Waals surface area contributed by atoms with Crippen molar-refractivity contribution in [2.24, 2.45) is 0 Å². The van der Waals surface area contributed by atoms with Crippen LogP contribution in [0.2, 0.25) is 0 Å². The highest BCUT2D eigenvalue weighted by Gasteiger charge is 2.43. The number of fused-ring (bicyclic) bond motifs is 3. The molecule has 1 unspecified atom stereocenters. The summed E-state index contributed by atoms with van der Waals surface area (Å²) in [5.74, 6) is 0.665. The summed E-state index contributed by atoms with van der Waals surface area (Å²) in [5.41, 5.74) is 5.53. The fourth-order valence-corrected chi connectivity index (χ4v) is 9.90. The quantitative estimate of drug-likeness (QED) is 0.0424. The largest absolute Gasteiger partial charge is 0.494 e. The molecule has 0 fully saturated rings. The first kappa shape index (κ1) is 46.6. The maximum atomic E-state index is 14.3. The summed E-state index contributed by atoms with van der Waals surface area (Å²) in [4.78, 5) is 0. The number of unbranched alkanes of at least 4 members (excludes halogenated alkanes) is 31. The fraction of sp³-hybridized carbons (Fsp3) is 0.660. The predicted octanol–water partition coefficient (Wildman–Crippen LogP) is 18.4. The van der Waals surface area contributed by atoms with Gasteiger partial charge in [-0.2, -0.15) is 0 Å². The smallest absolute Gasteiger partial charge is 0.123 e. The number of hydrogen-bond donors (Lipinski definition) is 0. The minimum atomic E-state index is -0.592. The summed E-state index contributed by atoms with van der Waals surface area (Å²) in [6, 6.07) is 21.8. The van der Waals surface area contributed by atoms with Crippen LogP contribution in [0.4, 0.5) is 4.39 Å². The van der Waals surface area contributed by atoms with Crippen LogP contribution in [-0.2, 0) is 4.32 Å². The predicted molar refractivity (Wildman–Crippen MR) is 246 cm³/mol. The number of benzene rings is 3. The maximum Gasteiger partial charge on any atom is 0.123 e. The van der Waals surface area contributed by atoms with Crippen molar-refractivity contribution in [1.82, 2.24) is 0 Å². The van der Waals surface area contributed by atoms with Crippen LogP contribution in [0.25, 0.3) is 11.1 Å². The first-order valence-corrected chi connectivity index (χ1v) is 24.8. The molecule has 312 valence electrons. The highest BCUT2D eigenvalue weighted by Crippen LogP contribution is 2.56. The molecular weight excluding hydrogens is 751 g/mol. The first-order chi connectivity index (χ1) is 27.6. The van der Waals surface area contributed by atoms with Crippen LogP contribution in [-0.4, -0.2) is 6.61 Å². The van der Waals surface area contributed by atoms with Crippen molar-refractivity contribution >= 4 is 15.9 Å². The Morgan fingerprint density at radius 1 is 0.429 bits per heavy atom. The van der Waals surface area contributed by atoms with Crippen molar-refractivity contribution in [2.75, 3.05) is 6.61 Å². The lowest BCUT2D eigenvalue weighted by atomic mass is 9.89. The van der Waals surface area contributed by atoms with Crippen LogP contribution in [0.15, 0.2) is 66.7 Å². The minimum Gasteiger partial charge on any atom is -0.494 e. The molecule has 1 atom stereocenters. The summed E-state index contributed by atoms with van der Waals surface area (Å²) < 4.78 is 20.0. The van der Waals surface area contributed by atoms with E-state index < -0.39 is 4.32 Å². The topological polar surface area (TPSA) is 9.23 Å². The Hall–Kier alpha value is -2.13. The van der Waals surface area contributed by atoms with Gasteiger partial charge in [-0.3, -0.25) is 0 Å². The molecule has 0 aromatic heterocycles. The van der Waals surface area contributed by atoms with Gasteiger partial charge in [-0.25, -0.2) is 4.39 Å². The Morgan fingerprint density at radius 2 is 0.839 bits per heavy atom. The second kappa shape index (κ2) is 29.1. The molecule has 0 bridgehead atoms. The average molecular weight is 832 g/mol. The van der Waals surface area contributed by atoms with Gasteiger partial charge in [0, 0.05) is 0 Å². The first-order valence-electron chi connectivity index (χ1n) is 24.0. The fourth-order valence-electron chi connectivity index (χ4n) is 8.98. The van der Waals surface area contributed by atoms with Gasteiger partial charge in [0.1, 0.15) is 15.9 Å². The van der Waals surface area contributed by atoms with Gasteiger partial charge >= 0.3 is 0 Å². The molecule has 56 heavy (non-hydrogen) atoms. The lowest BCUT2D eigenvalue weighted by Gasteiger charge is -2.26. The zero-order chi connectivity index (χ0) is 39.4. The van der Waals surface area contributed by atoms with E-state index in [1.54, 1.807) is 12.1 Å². The van der Waals surface area contributed by atoms with Crippen LogP contribution in [0.5, 0.6) is 5.75 Å². The summed E-state index contributed by atoms with van der Waals surface area (Å²) >= 11 is 4.07. The maximum absolute atomic E-state index is 14.3. The molecule has 1 nitrogen and oxygen atoms in total. The summed E-state index contributed by atoms with van der Waals surface area (Å²) in [5, 5.41) is 0. The third kappa shape index (κ3) is 17.0. The van der Waals surface area contributed by atoms with Gasteiger partial charge in [0.05, 0.1) is 6.61 Å². The van der Waals surface area contributed by atoms with Crippen LogP contribution < -0.4 is 4.74 Å². The molecule has 0 saturated heterocycles. The van der Waals surface area contributed by atoms with Gasteiger partial charge in [0.25, 0.3) is 0 Å². The van der Waals surface area contributed by atoms with Crippen LogP contribution >= 0.6 is 15.9 Å². The zero-order valence-electron chi connectivity index (χ0n) is 35.8. The van der Waals surface area contributed by atoms with Gasteiger partial charge in [-0.15, -0.1) is 0 Å². The summed E-state index contributed by atoms with van der Waals surface area (Å²) in [6.45, 7) is 3.04. The van der Waals surface area contributed by atoms with E-state index in [-0.39, 0.29) is 5.82 Å². The molecule has 0 spiro atoms. The molecule has 1 aliphatic rings. The monoisotopic (exact) mass is 831 g/mol. The Kier molecular flexibility index (Phi) is 24.2. The normalized spacial score (nSPS) is 14.6. The highest BCUT2D eigenvalue weighted by atomic mass is 79.9. The molecule has 3 aromatic rings. The molecule has 4 rings (SSSR count). The van der Waals surface area contributed by atoms with E-state index in [1.807, 2.05) is 6.07 Å². The minimum absolute atomic E-state index is 0.221. The Labute approximate surface area is 352 Å². The highest BCUT2D eigenvalue weighted by molar-refractivity contribution is 9.10. The SMILES string of the molecule is CCCCCCCCCCCCCCCCCCCCCCCCCCCCCCCCCCOc1ccc2c(c1)C(Br)(c1cccc(F)c1)c1ccccc1-2. The van der Waals surface area contributed by atoms with E-state index in [2.05, 4.69) is 65.3 Å². The molecule has 0 N–H and O–H groups in total. The van der Waals surface area contributed by atoms with Gasteiger partial charge in [0.15, 0.2) is 0 Å². The number of ether oxygens (including phenoxy) is 1. The van der Waals surface area contributed by atoms with E-state index in [9.17, 15) is 4.39 Å². The van der Waals surface area contributed by atoms with Crippen LogP contribution in [0, 0.1) is 5.82 Å².